The fraction of sp³-hybridized carbons (Fsp3) is 0.207. The van der Waals surface area contributed by atoms with Crippen LogP contribution < -0.4 is 19.6 Å². The smallest absolute Gasteiger partial charge is 0.338 e. The molecule has 0 saturated heterocycles. The predicted molar refractivity (Wildman–Crippen MR) is 142 cm³/mol. The molecule has 182 valence electrons. The molecule has 36 heavy (non-hydrogen) atoms. The first-order valence-corrected chi connectivity index (χ1v) is 12.6. The standard InChI is InChI=1S/C29H26N2O4S/c1-5-35-28(33)25-18(3)30-29-31(26(25)19-12-10-17(2)11-13-19)27(32)24(36-29)16-20-14-15-23(34-4)22-9-7-6-8-21(20)22/h6-16,26H,5H2,1-4H3/b24-16+/t26-/m0/s1. The lowest BCUT2D eigenvalue weighted by Crippen LogP contribution is -2.39. The number of esters is 1. The molecule has 0 unspecified atom stereocenters. The summed E-state index contributed by atoms with van der Waals surface area (Å²) in [5.74, 6) is 0.318. The molecule has 1 aromatic heterocycles. The van der Waals surface area contributed by atoms with E-state index in [-0.39, 0.29) is 12.2 Å². The van der Waals surface area contributed by atoms with E-state index in [1.807, 2.05) is 73.7 Å². The number of carbonyl (C=O) groups is 1. The van der Waals surface area contributed by atoms with E-state index in [9.17, 15) is 9.59 Å². The Morgan fingerprint density at radius 3 is 2.47 bits per heavy atom. The van der Waals surface area contributed by atoms with Gasteiger partial charge in [0, 0.05) is 5.39 Å². The number of hydrogen-bond donors (Lipinski definition) is 0. The van der Waals surface area contributed by atoms with E-state index >= 15 is 0 Å². The lowest BCUT2D eigenvalue weighted by Gasteiger charge is -2.24. The van der Waals surface area contributed by atoms with E-state index in [0.717, 1.165) is 33.2 Å². The van der Waals surface area contributed by atoms with Gasteiger partial charge in [0.2, 0.25) is 0 Å². The van der Waals surface area contributed by atoms with Crippen molar-refractivity contribution >= 4 is 34.2 Å². The number of hydrogen-bond acceptors (Lipinski definition) is 6. The first-order valence-electron chi connectivity index (χ1n) is 11.7. The fourth-order valence-electron chi connectivity index (χ4n) is 4.60. The maximum absolute atomic E-state index is 13.8. The van der Waals surface area contributed by atoms with Crippen LogP contribution in [0.2, 0.25) is 0 Å². The summed E-state index contributed by atoms with van der Waals surface area (Å²) in [6.07, 6.45) is 1.89. The molecular formula is C29H26N2O4S. The van der Waals surface area contributed by atoms with Crippen LogP contribution in [0.1, 0.15) is 36.6 Å². The molecule has 1 aliphatic heterocycles. The van der Waals surface area contributed by atoms with Gasteiger partial charge in [0.15, 0.2) is 4.80 Å². The minimum Gasteiger partial charge on any atom is -0.496 e. The van der Waals surface area contributed by atoms with E-state index in [2.05, 4.69) is 4.99 Å². The molecule has 5 rings (SSSR count). The number of ether oxygens (including phenoxy) is 2. The van der Waals surface area contributed by atoms with Crippen molar-refractivity contribution in [2.24, 2.45) is 4.99 Å². The Balaban J connectivity index is 1.75. The van der Waals surface area contributed by atoms with Crippen LogP contribution in [0.25, 0.3) is 16.8 Å². The van der Waals surface area contributed by atoms with Crippen molar-refractivity contribution in [2.75, 3.05) is 13.7 Å². The third-order valence-corrected chi connectivity index (χ3v) is 7.32. The molecule has 0 aliphatic carbocycles. The van der Waals surface area contributed by atoms with Gasteiger partial charge in [0.1, 0.15) is 5.75 Å². The number of rotatable bonds is 5. The summed E-state index contributed by atoms with van der Waals surface area (Å²) in [4.78, 5) is 32.1. The SMILES string of the molecule is CCOC(=O)C1=C(C)N=c2s/c(=C/c3ccc(OC)c4ccccc34)c(=O)n2[C@H]1c1ccc(C)cc1. The monoisotopic (exact) mass is 498 g/mol. The van der Waals surface area contributed by atoms with Gasteiger partial charge in [-0.3, -0.25) is 9.36 Å². The van der Waals surface area contributed by atoms with Crippen LogP contribution in [0, 0.1) is 6.92 Å². The maximum atomic E-state index is 13.8. The molecule has 7 heteroatoms. The molecular weight excluding hydrogens is 472 g/mol. The van der Waals surface area contributed by atoms with Crippen LogP contribution in [0.3, 0.4) is 0 Å². The predicted octanol–water partition coefficient (Wildman–Crippen LogP) is 4.27. The Bertz CT molecular complexity index is 1690. The summed E-state index contributed by atoms with van der Waals surface area (Å²) >= 11 is 1.32. The van der Waals surface area contributed by atoms with Crippen LogP contribution in [-0.4, -0.2) is 24.3 Å². The first kappa shape index (κ1) is 23.8. The molecule has 0 fully saturated rings. The fourth-order valence-corrected chi connectivity index (χ4v) is 5.63. The highest BCUT2D eigenvalue weighted by atomic mass is 32.1. The van der Waals surface area contributed by atoms with Crippen LogP contribution in [-0.2, 0) is 9.53 Å². The topological polar surface area (TPSA) is 69.9 Å². The number of allylic oxidation sites excluding steroid dienone is 1. The van der Waals surface area contributed by atoms with Crippen LogP contribution in [0.15, 0.2) is 81.7 Å². The number of nitrogens with zero attached hydrogens (tertiary/aromatic N) is 2. The van der Waals surface area contributed by atoms with Crippen molar-refractivity contribution in [1.82, 2.24) is 4.57 Å². The number of methoxy groups -OCH3 is 1. The van der Waals surface area contributed by atoms with Gasteiger partial charge in [0.05, 0.1) is 35.6 Å². The molecule has 0 saturated carbocycles. The summed E-state index contributed by atoms with van der Waals surface area (Å²) in [6, 6.07) is 19.0. The van der Waals surface area contributed by atoms with Gasteiger partial charge >= 0.3 is 5.97 Å². The molecule has 3 aromatic carbocycles. The highest BCUT2D eigenvalue weighted by Gasteiger charge is 2.33. The van der Waals surface area contributed by atoms with Gasteiger partial charge in [-0.15, -0.1) is 0 Å². The average Bonchev–Trinajstić information content (AvgIpc) is 3.18. The minimum atomic E-state index is -0.615. The van der Waals surface area contributed by atoms with Crippen LogP contribution >= 0.6 is 11.3 Å². The van der Waals surface area contributed by atoms with E-state index in [4.69, 9.17) is 9.47 Å². The number of thiazole rings is 1. The molecule has 4 aromatic rings. The third-order valence-electron chi connectivity index (χ3n) is 6.33. The zero-order valence-corrected chi connectivity index (χ0v) is 21.4. The quantitative estimate of drug-likeness (QED) is 0.386. The van der Waals surface area contributed by atoms with E-state index in [1.165, 1.54) is 11.3 Å². The Morgan fingerprint density at radius 1 is 1.06 bits per heavy atom. The molecule has 0 radical (unpaired) electrons. The molecule has 6 nitrogen and oxygen atoms in total. The Hall–Kier alpha value is -3.97. The van der Waals surface area contributed by atoms with Crippen molar-refractivity contribution in [3.63, 3.8) is 0 Å². The van der Waals surface area contributed by atoms with Gasteiger partial charge in [-0.25, -0.2) is 9.79 Å². The summed E-state index contributed by atoms with van der Waals surface area (Å²) in [5, 5.41) is 1.96. The molecule has 0 spiro atoms. The van der Waals surface area contributed by atoms with Crippen LogP contribution in [0.4, 0.5) is 0 Å². The third kappa shape index (κ3) is 4.05. The zero-order chi connectivity index (χ0) is 25.4. The van der Waals surface area contributed by atoms with Crippen molar-refractivity contribution in [3.8, 4) is 5.75 Å². The molecule has 1 atom stereocenters. The lowest BCUT2D eigenvalue weighted by molar-refractivity contribution is -0.139. The highest BCUT2D eigenvalue weighted by Crippen LogP contribution is 2.31. The largest absolute Gasteiger partial charge is 0.496 e. The second kappa shape index (κ2) is 9.59. The molecule has 0 amide bonds. The second-order valence-corrected chi connectivity index (χ2v) is 9.62. The van der Waals surface area contributed by atoms with Gasteiger partial charge in [-0.1, -0.05) is 71.5 Å². The molecule has 1 aliphatic rings. The van der Waals surface area contributed by atoms with Crippen molar-refractivity contribution < 1.29 is 14.3 Å². The summed E-state index contributed by atoms with van der Waals surface area (Å²) in [7, 11) is 1.65. The minimum absolute atomic E-state index is 0.196. The van der Waals surface area contributed by atoms with Crippen molar-refractivity contribution in [1.29, 1.82) is 0 Å². The van der Waals surface area contributed by atoms with Crippen LogP contribution in [0.5, 0.6) is 5.75 Å². The van der Waals surface area contributed by atoms with E-state index in [1.54, 1.807) is 25.5 Å². The van der Waals surface area contributed by atoms with Gasteiger partial charge < -0.3 is 9.47 Å². The number of benzene rings is 3. The molecule has 0 N–H and O–H groups in total. The van der Waals surface area contributed by atoms with Crippen molar-refractivity contribution in [2.45, 2.75) is 26.8 Å². The van der Waals surface area contributed by atoms with Crippen molar-refractivity contribution in [3.05, 3.63) is 108 Å². The maximum Gasteiger partial charge on any atom is 0.338 e. The normalized spacial score (nSPS) is 15.6. The molecule has 2 heterocycles. The summed E-state index contributed by atoms with van der Waals surface area (Å²) < 4.78 is 13.0. The highest BCUT2D eigenvalue weighted by molar-refractivity contribution is 7.07. The summed E-state index contributed by atoms with van der Waals surface area (Å²) in [5.41, 5.74) is 3.58. The average molecular weight is 499 g/mol. The number of aromatic nitrogens is 1. The Labute approximate surface area is 212 Å². The number of fused-ring (bicyclic) bond motifs is 2. The van der Waals surface area contributed by atoms with Gasteiger partial charge in [-0.2, -0.15) is 0 Å². The number of carbonyl (C=O) groups excluding carboxylic acids is 1. The van der Waals surface area contributed by atoms with Gasteiger partial charge in [-0.05, 0) is 49.4 Å². The number of aryl methyl sites for hydroxylation is 1. The molecule has 0 bridgehead atoms. The van der Waals surface area contributed by atoms with E-state index in [0.29, 0.717) is 20.6 Å². The zero-order valence-electron chi connectivity index (χ0n) is 20.6. The Morgan fingerprint density at radius 2 is 1.78 bits per heavy atom. The second-order valence-electron chi connectivity index (χ2n) is 8.62. The Kier molecular flexibility index (Phi) is 6.33. The first-order chi connectivity index (χ1) is 17.4. The van der Waals surface area contributed by atoms with E-state index < -0.39 is 12.0 Å². The summed E-state index contributed by atoms with van der Waals surface area (Å²) in [6.45, 7) is 5.80. The lowest BCUT2D eigenvalue weighted by atomic mass is 9.95. The van der Waals surface area contributed by atoms with Gasteiger partial charge in [0.25, 0.3) is 5.56 Å².